The molecular formula is C14H18N2. The van der Waals surface area contributed by atoms with E-state index in [4.69, 9.17) is 0 Å². The van der Waals surface area contributed by atoms with Crippen LogP contribution in [0.5, 0.6) is 0 Å². The minimum atomic E-state index is 0.831. The molecule has 16 heavy (non-hydrogen) atoms. The normalized spacial score (nSPS) is 20.7. The van der Waals surface area contributed by atoms with Crippen LogP contribution in [0.1, 0.15) is 17.7 Å². The zero-order valence-corrected chi connectivity index (χ0v) is 9.72. The van der Waals surface area contributed by atoms with Crippen LogP contribution in [0.2, 0.25) is 0 Å². The molecule has 0 amide bonds. The van der Waals surface area contributed by atoms with Crippen molar-refractivity contribution in [1.29, 1.82) is 0 Å². The lowest BCUT2D eigenvalue weighted by molar-refractivity contribution is 0.580. The van der Waals surface area contributed by atoms with E-state index in [1.54, 1.807) is 0 Å². The van der Waals surface area contributed by atoms with Gasteiger partial charge in [-0.3, -0.25) is 0 Å². The van der Waals surface area contributed by atoms with Gasteiger partial charge in [-0.15, -0.1) is 0 Å². The highest BCUT2D eigenvalue weighted by atomic mass is 14.9. The van der Waals surface area contributed by atoms with Crippen molar-refractivity contribution >= 4 is 10.9 Å². The second-order valence-corrected chi connectivity index (χ2v) is 4.94. The standard InChI is InChI=1S/C14H18N2/c1-10-6-13-8-11(2-3-14(13)16-10)7-12-4-5-15-9-12/h2-3,6,8,12,15-16H,4-5,7,9H2,1H3. The van der Waals surface area contributed by atoms with Gasteiger partial charge >= 0.3 is 0 Å². The molecule has 1 aromatic heterocycles. The first-order chi connectivity index (χ1) is 7.81. The van der Waals surface area contributed by atoms with Gasteiger partial charge in [0, 0.05) is 11.2 Å². The van der Waals surface area contributed by atoms with Crippen LogP contribution in [0.25, 0.3) is 10.9 Å². The van der Waals surface area contributed by atoms with Gasteiger partial charge in [-0.2, -0.15) is 0 Å². The van der Waals surface area contributed by atoms with E-state index in [1.165, 1.54) is 48.1 Å². The van der Waals surface area contributed by atoms with Crippen molar-refractivity contribution in [2.75, 3.05) is 13.1 Å². The van der Waals surface area contributed by atoms with Gasteiger partial charge in [0.1, 0.15) is 0 Å². The first-order valence-electron chi connectivity index (χ1n) is 6.10. The Hall–Kier alpha value is -1.28. The number of benzene rings is 1. The molecule has 2 heterocycles. The Morgan fingerprint density at radius 2 is 2.25 bits per heavy atom. The minimum Gasteiger partial charge on any atom is -0.359 e. The fraction of sp³-hybridized carbons (Fsp3) is 0.429. The lowest BCUT2D eigenvalue weighted by Gasteiger charge is -2.07. The van der Waals surface area contributed by atoms with Crippen molar-refractivity contribution in [2.45, 2.75) is 19.8 Å². The molecule has 1 aliphatic heterocycles. The third-order valence-electron chi connectivity index (χ3n) is 3.51. The van der Waals surface area contributed by atoms with Gasteiger partial charge in [0.2, 0.25) is 0 Å². The Labute approximate surface area is 96.1 Å². The van der Waals surface area contributed by atoms with Gasteiger partial charge in [0.05, 0.1) is 0 Å². The molecule has 0 bridgehead atoms. The summed E-state index contributed by atoms with van der Waals surface area (Å²) in [5.74, 6) is 0.831. The first kappa shape index (κ1) is 9.91. The van der Waals surface area contributed by atoms with Crippen LogP contribution in [-0.4, -0.2) is 18.1 Å². The number of hydrogen-bond acceptors (Lipinski definition) is 1. The molecule has 2 aromatic rings. The van der Waals surface area contributed by atoms with E-state index >= 15 is 0 Å². The zero-order chi connectivity index (χ0) is 11.0. The van der Waals surface area contributed by atoms with E-state index in [-0.39, 0.29) is 0 Å². The molecule has 0 radical (unpaired) electrons. The van der Waals surface area contributed by atoms with E-state index in [9.17, 15) is 0 Å². The minimum absolute atomic E-state index is 0.831. The summed E-state index contributed by atoms with van der Waals surface area (Å²) in [5, 5.41) is 4.78. The molecule has 2 nitrogen and oxygen atoms in total. The van der Waals surface area contributed by atoms with Gasteiger partial charge in [-0.1, -0.05) is 6.07 Å². The molecule has 1 aliphatic rings. The Morgan fingerprint density at radius 3 is 3.06 bits per heavy atom. The second-order valence-electron chi connectivity index (χ2n) is 4.94. The lowest BCUT2D eigenvalue weighted by Crippen LogP contribution is -2.10. The molecule has 84 valence electrons. The number of rotatable bonds is 2. The highest BCUT2D eigenvalue weighted by molar-refractivity contribution is 5.81. The maximum absolute atomic E-state index is 3.43. The molecule has 0 spiro atoms. The quantitative estimate of drug-likeness (QED) is 0.790. The van der Waals surface area contributed by atoms with E-state index in [0.717, 1.165) is 5.92 Å². The summed E-state index contributed by atoms with van der Waals surface area (Å²) in [5.41, 5.74) is 3.97. The number of H-pyrrole nitrogens is 1. The third-order valence-corrected chi connectivity index (χ3v) is 3.51. The summed E-state index contributed by atoms with van der Waals surface area (Å²) in [6.45, 7) is 4.49. The maximum atomic E-state index is 3.43. The van der Waals surface area contributed by atoms with Crippen molar-refractivity contribution in [3.8, 4) is 0 Å². The Bertz CT molecular complexity index is 492. The van der Waals surface area contributed by atoms with Crippen molar-refractivity contribution in [2.24, 2.45) is 5.92 Å². The molecule has 1 unspecified atom stereocenters. The Morgan fingerprint density at radius 1 is 1.31 bits per heavy atom. The van der Waals surface area contributed by atoms with Crippen LogP contribution in [-0.2, 0) is 6.42 Å². The fourth-order valence-electron chi connectivity index (χ4n) is 2.68. The smallest absolute Gasteiger partial charge is 0.0456 e. The number of fused-ring (bicyclic) bond motifs is 1. The fourth-order valence-corrected chi connectivity index (χ4v) is 2.68. The first-order valence-corrected chi connectivity index (χ1v) is 6.10. The van der Waals surface area contributed by atoms with Gasteiger partial charge in [0.15, 0.2) is 0 Å². The Balaban J connectivity index is 1.86. The molecule has 2 N–H and O–H groups in total. The van der Waals surface area contributed by atoms with Crippen molar-refractivity contribution in [1.82, 2.24) is 10.3 Å². The van der Waals surface area contributed by atoms with Gasteiger partial charge in [-0.05, 0) is 67.9 Å². The number of nitrogens with one attached hydrogen (secondary N) is 2. The average molecular weight is 214 g/mol. The predicted molar refractivity (Wildman–Crippen MR) is 67.7 cm³/mol. The van der Waals surface area contributed by atoms with E-state index in [0.29, 0.717) is 0 Å². The summed E-state index contributed by atoms with van der Waals surface area (Å²) >= 11 is 0. The number of hydrogen-bond donors (Lipinski definition) is 2. The van der Waals surface area contributed by atoms with Crippen LogP contribution in [0.15, 0.2) is 24.3 Å². The molecular weight excluding hydrogens is 196 g/mol. The van der Waals surface area contributed by atoms with Gasteiger partial charge in [-0.25, -0.2) is 0 Å². The molecule has 1 saturated heterocycles. The molecule has 2 heteroatoms. The van der Waals surface area contributed by atoms with Crippen molar-refractivity contribution < 1.29 is 0 Å². The summed E-state index contributed by atoms with van der Waals surface area (Å²) in [7, 11) is 0. The van der Waals surface area contributed by atoms with Crippen molar-refractivity contribution in [3.63, 3.8) is 0 Å². The monoisotopic (exact) mass is 214 g/mol. The van der Waals surface area contributed by atoms with Crippen LogP contribution >= 0.6 is 0 Å². The summed E-state index contributed by atoms with van der Waals surface area (Å²) in [4.78, 5) is 3.37. The lowest BCUT2D eigenvalue weighted by atomic mass is 9.98. The summed E-state index contributed by atoms with van der Waals surface area (Å²) in [6.07, 6.45) is 2.54. The van der Waals surface area contributed by atoms with Crippen LogP contribution in [0.3, 0.4) is 0 Å². The second kappa shape index (κ2) is 3.95. The number of aromatic amines is 1. The van der Waals surface area contributed by atoms with E-state index < -0.39 is 0 Å². The summed E-state index contributed by atoms with van der Waals surface area (Å²) < 4.78 is 0. The SMILES string of the molecule is Cc1cc2cc(CC3CCNC3)ccc2[nH]1. The highest BCUT2D eigenvalue weighted by Crippen LogP contribution is 2.20. The van der Waals surface area contributed by atoms with Crippen molar-refractivity contribution in [3.05, 3.63) is 35.5 Å². The number of aryl methyl sites for hydroxylation is 1. The number of aromatic nitrogens is 1. The molecule has 0 aliphatic carbocycles. The molecule has 1 aromatic carbocycles. The molecule has 3 rings (SSSR count). The predicted octanol–water partition coefficient (Wildman–Crippen LogP) is 2.63. The zero-order valence-electron chi connectivity index (χ0n) is 9.72. The van der Waals surface area contributed by atoms with Crippen LogP contribution < -0.4 is 5.32 Å². The van der Waals surface area contributed by atoms with E-state index in [1.807, 2.05) is 0 Å². The van der Waals surface area contributed by atoms with Crippen LogP contribution in [0.4, 0.5) is 0 Å². The topological polar surface area (TPSA) is 27.8 Å². The molecule has 1 atom stereocenters. The third kappa shape index (κ3) is 1.85. The Kier molecular flexibility index (Phi) is 2.44. The molecule has 0 saturated carbocycles. The van der Waals surface area contributed by atoms with E-state index in [2.05, 4.69) is 41.5 Å². The highest BCUT2D eigenvalue weighted by Gasteiger charge is 2.14. The molecule has 1 fully saturated rings. The van der Waals surface area contributed by atoms with Gasteiger partial charge in [0.25, 0.3) is 0 Å². The maximum Gasteiger partial charge on any atom is 0.0456 e. The van der Waals surface area contributed by atoms with Crippen LogP contribution in [0, 0.1) is 12.8 Å². The largest absolute Gasteiger partial charge is 0.359 e. The van der Waals surface area contributed by atoms with Gasteiger partial charge < -0.3 is 10.3 Å². The average Bonchev–Trinajstić information content (AvgIpc) is 2.85. The summed E-state index contributed by atoms with van der Waals surface area (Å²) in [6, 6.07) is 9.03.